The summed E-state index contributed by atoms with van der Waals surface area (Å²) in [7, 11) is 0. The van der Waals surface area contributed by atoms with E-state index in [1.165, 1.54) is 12.3 Å². The van der Waals surface area contributed by atoms with Gasteiger partial charge in [-0.1, -0.05) is 11.6 Å². The normalized spacial score (nSPS) is 13.5. The van der Waals surface area contributed by atoms with Gasteiger partial charge in [0, 0.05) is 29.9 Å². The van der Waals surface area contributed by atoms with Gasteiger partial charge in [-0.05, 0) is 66.4 Å². The molecular formula is C28H27ClFN7O3. The van der Waals surface area contributed by atoms with Crippen molar-refractivity contribution in [2.24, 2.45) is 5.10 Å². The van der Waals surface area contributed by atoms with Gasteiger partial charge in [-0.3, -0.25) is 4.98 Å². The van der Waals surface area contributed by atoms with Crippen molar-refractivity contribution in [3.8, 4) is 11.5 Å². The first-order valence-electron chi connectivity index (χ1n) is 12.6. The predicted molar refractivity (Wildman–Crippen MR) is 152 cm³/mol. The van der Waals surface area contributed by atoms with Gasteiger partial charge in [0.1, 0.15) is 11.5 Å². The van der Waals surface area contributed by atoms with Gasteiger partial charge in [0.2, 0.25) is 5.95 Å². The third-order valence-electron chi connectivity index (χ3n) is 6.09. The van der Waals surface area contributed by atoms with Crippen molar-refractivity contribution in [2.45, 2.75) is 12.8 Å². The fourth-order valence-corrected chi connectivity index (χ4v) is 4.50. The lowest BCUT2D eigenvalue weighted by atomic mass is 10.0. The zero-order valence-corrected chi connectivity index (χ0v) is 22.1. The number of ether oxygens (including phenoxy) is 1. The second kappa shape index (κ2) is 12.6. The summed E-state index contributed by atoms with van der Waals surface area (Å²) in [4.78, 5) is 14.4. The molecule has 2 aromatic heterocycles. The van der Waals surface area contributed by atoms with E-state index in [4.69, 9.17) is 16.3 Å². The molecule has 0 atom stereocenters. The zero-order chi connectivity index (χ0) is 27.9. The maximum Gasteiger partial charge on any atom is 0.245 e. The van der Waals surface area contributed by atoms with Crippen LogP contribution in [0.4, 0.5) is 27.5 Å². The highest BCUT2D eigenvalue weighted by atomic mass is 35.5. The van der Waals surface area contributed by atoms with Crippen molar-refractivity contribution in [1.29, 1.82) is 0 Å². The number of phenols is 2. The molecule has 1 aliphatic heterocycles. The molecule has 12 heteroatoms. The van der Waals surface area contributed by atoms with Crippen molar-refractivity contribution < 1.29 is 19.3 Å². The van der Waals surface area contributed by atoms with Crippen LogP contribution < -0.4 is 15.6 Å². The number of aromatic hydroxyl groups is 2. The van der Waals surface area contributed by atoms with Crippen molar-refractivity contribution >= 4 is 41.0 Å². The van der Waals surface area contributed by atoms with Gasteiger partial charge in [-0.25, -0.2) is 14.8 Å². The van der Waals surface area contributed by atoms with Crippen LogP contribution in [0.2, 0.25) is 5.02 Å². The molecule has 0 spiro atoms. The molecular weight excluding hydrogens is 537 g/mol. The number of nitrogens with one attached hydrogen (secondary N) is 2. The van der Waals surface area contributed by atoms with E-state index < -0.39 is 5.82 Å². The van der Waals surface area contributed by atoms with Crippen LogP contribution in [0.15, 0.2) is 66.0 Å². The Hall–Kier alpha value is -4.48. The van der Waals surface area contributed by atoms with Gasteiger partial charge >= 0.3 is 0 Å². The molecule has 40 heavy (non-hydrogen) atoms. The molecule has 1 fully saturated rings. The summed E-state index contributed by atoms with van der Waals surface area (Å²) in [6.07, 6.45) is 5.60. The number of nitrogens with zero attached hydrogens (tertiary/aromatic N) is 5. The largest absolute Gasteiger partial charge is 0.508 e. The van der Waals surface area contributed by atoms with Gasteiger partial charge in [0.15, 0.2) is 11.6 Å². The molecule has 2 aromatic carbocycles. The fraction of sp³-hybridized carbons (Fsp3) is 0.214. The highest BCUT2D eigenvalue weighted by molar-refractivity contribution is 6.31. The fourth-order valence-electron chi connectivity index (χ4n) is 4.24. The lowest BCUT2D eigenvalue weighted by Gasteiger charge is -2.27. The third-order valence-corrected chi connectivity index (χ3v) is 6.31. The molecule has 1 saturated heterocycles. The number of hydrazone groups is 1. The van der Waals surface area contributed by atoms with Crippen LogP contribution >= 0.6 is 11.6 Å². The zero-order valence-electron chi connectivity index (χ0n) is 21.4. The molecule has 1 aliphatic rings. The van der Waals surface area contributed by atoms with Gasteiger partial charge < -0.3 is 25.2 Å². The van der Waals surface area contributed by atoms with Gasteiger partial charge in [-0.2, -0.15) is 10.1 Å². The van der Waals surface area contributed by atoms with Gasteiger partial charge in [0.25, 0.3) is 0 Å². The van der Waals surface area contributed by atoms with E-state index in [1.54, 1.807) is 24.4 Å². The summed E-state index contributed by atoms with van der Waals surface area (Å²) in [6, 6.07) is 13.9. The number of halogens is 2. The third kappa shape index (κ3) is 7.33. The molecule has 4 aromatic rings. The van der Waals surface area contributed by atoms with Gasteiger partial charge in [0.05, 0.1) is 43.2 Å². The summed E-state index contributed by atoms with van der Waals surface area (Å²) >= 11 is 6.34. The molecule has 0 amide bonds. The number of pyridine rings is 1. The first-order valence-corrected chi connectivity index (χ1v) is 13.0. The summed E-state index contributed by atoms with van der Waals surface area (Å²) in [5.74, 6) is -0.0453. The summed E-state index contributed by atoms with van der Waals surface area (Å²) in [5.41, 5.74) is 6.70. The summed E-state index contributed by atoms with van der Waals surface area (Å²) in [5, 5.41) is 27.4. The maximum absolute atomic E-state index is 14.2. The number of phenolic OH excluding ortho intramolecular Hbond substituents is 2. The van der Waals surface area contributed by atoms with Crippen molar-refractivity contribution in [3.05, 3.63) is 88.6 Å². The molecule has 3 heterocycles. The number of hydrogen-bond acceptors (Lipinski definition) is 10. The number of aryl methyl sites for hydroxylation is 2. The van der Waals surface area contributed by atoms with Crippen molar-refractivity contribution in [1.82, 2.24) is 15.0 Å². The van der Waals surface area contributed by atoms with Crippen LogP contribution in [0, 0.1) is 5.82 Å². The average Bonchev–Trinajstić information content (AvgIpc) is 2.93. The Labute approximate surface area is 235 Å². The summed E-state index contributed by atoms with van der Waals surface area (Å²) < 4.78 is 19.5. The molecule has 206 valence electrons. The molecule has 10 nitrogen and oxygen atoms in total. The molecule has 0 radical (unpaired) electrons. The number of benzene rings is 2. The van der Waals surface area contributed by atoms with E-state index in [2.05, 4.69) is 30.8 Å². The van der Waals surface area contributed by atoms with Crippen LogP contribution in [0.25, 0.3) is 0 Å². The second-order valence-corrected chi connectivity index (χ2v) is 9.57. The van der Waals surface area contributed by atoms with Crippen LogP contribution in [0.3, 0.4) is 0 Å². The highest BCUT2D eigenvalue weighted by Gasteiger charge is 2.17. The molecule has 0 unspecified atom stereocenters. The minimum absolute atomic E-state index is 0.0296. The number of anilines is 4. The van der Waals surface area contributed by atoms with Crippen LogP contribution in [0.1, 0.15) is 16.8 Å². The molecule has 0 bridgehead atoms. The van der Waals surface area contributed by atoms with Crippen molar-refractivity contribution in [3.63, 3.8) is 0 Å². The standard InChI is InChI=1S/C28H27ClFN7O3/c29-20-9-18(1-2-19-11-24(38)14-25(39)12-19)10-23(13-20)34-22-4-3-21(31-15-22)16-33-36-28-32-17-26(30)27(35-28)37-5-7-40-8-6-37/h3-4,9-17,34,38-39H,1-2,5-8H2,(H,32,35,36)/b33-16+. The van der Waals surface area contributed by atoms with Crippen LogP contribution in [0.5, 0.6) is 11.5 Å². The Balaban J connectivity index is 1.18. The van der Waals surface area contributed by atoms with E-state index in [-0.39, 0.29) is 23.3 Å². The van der Waals surface area contributed by atoms with Gasteiger partial charge in [-0.15, -0.1) is 0 Å². The van der Waals surface area contributed by atoms with E-state index >= 15 is 0 Å². The Kier molecular flexibility index (Phi) is 8.53. The topological polar surface area (TPSA) is 128 Å². The Morgan fingerprint density at radius 2 is 1.70 bits per heavy atom. The van der Waals surface area contributed by atoms with E-state index in [0.29, 0.717) is 49.9 Å². The minimum atomic E-state index is -0.496. The van der Waals surface area contributed by atoms with Crippen molar-refractivity contribution in [2.75, 3.05) is 41.9 Å². The Morgan fingerprint density at radius 1 is 0.950 bits per heavy atom. The lowest BCUT2D eigenvalue weighted by Crippen LogP contribution is -2.37. The predicted octanol–water partition coefficient (Wildman–Crippen LogP) is 4.89. The van der Waals surface area contributed by atoms with E-state index in [1.807, 2.05) is 29.2 Å². The van der Waals surface area contributed by atoms with Crippen LogP contribution in [-0.4, -0.2) is 57.7 Å². The van der Waals surface area contributed by atoms with E-state index in [0.717, 1.165) is 28.7 Å². The summed E-state index contributed by atoms with van der Waals surface area (Å²) in [6.45, 7) is 2.15. The Morgan fingerprint density at radius 3 is 2.42 bits per heavy atom. The maximum atomic E-state index is 14.2. The first-order chi connectivity index (χ1) is 19.4. The number of rotatable bonds is 9. The highest BCUT2D eigenvalue weighted by Crippen LogP contribution is 2.25. The number of hydrogen-bond donors (Lipinski definition) is 4. The number of aromatic nitrogens is 3. The second-order valence-electron chi connectivity index (χ2n) is 9.14. The SMILES string of the molecule is Oc1cc(O)cc(CCc2cc(Cl)cc(Nc3ccc(/C=N/Nc4ncc(F)c(N5CCOCC5)n4)nc3)c2)c1. The first kappa shape index (κ1) is 27.1. The quantitative estimate of drug-likeness (QED) is 0.166. The number of morpholine rings is 1. The minimum Gasteiger partial charge on any atom is -0.508 e. The molecule has 5 rings (SSSR count). The van der Waals surface area contributed by atoms with Crippen LogP contribution in [-0.2, 0) is 17.6 Å². The molecule has 4 N–H and O–H groups in total. The lowest BCUT2D eigenvalue weighted by molar-refractivity contribution is 0.122. The molecule has 0 saturated carbocycles. The smallest absolute Gasteiger partial charge is 0.245 e. The molecule has 0 aliphatic carbocycles. The average molecular weight is 564 g/mol. The monoisotopic (exact) mass is 563 g/mol. The Bertz CT molecular complexity index is 1480. The van der Waals surface area contributed by atoms with E-state index in [9.17, 15) is 14.6 Å².